The van der Waals surface area contributed by atoms with E-state index >= 15 is 0 Å². The van der Waals surface area contributed by atoms with Crippen molar-refractivity contribution in [1.82, 2.24) is 10.3 Å². The second-order valence-electron chi connectivity index (χ2n) is 5.92. The second kappa shape index (κ2) is 4.60. The molecule has 2 fully saturated rings. The van der Waals surface area contributed by atoms with Gasteiger partial charge in [0.15, 0.2) is 0 Å². The molecule has 1 aromatic heterocycles. The number of nitrogens with one attached hydrogen (secondary N) is 1. The molecule has 0 amide bonds. The number of aromatic nitrogens is 1. The van der Waals surface area contributed by atoms with Gasteiger partial charge in [-0.25, -0.2) is 4.98 Å². The van der Waals surface area contributed by atoms with Crippen LogP contribution in [0, 0.1) is 0 Å². The molecule has 0 saturated carbocycles. The minimum atomic E-state index is 0.578. The van der Waals surface area contributed by atoms with E-state index in [9.17, 15) is 0 Å². The first-order valence-electron chi connectivity index (χ1n) is 7.39. The third-order valence-corrected chi connectivity index (χ3v) is 4.77. The molecule has 0 aliphatic carbocycles. The molecule has 2 aliphatic heterocycles. The van der Waals surface area contributed by atoms with E-state index in [2.05, 4.69) is 40.6 Å². The lowest BCUT2D eigenvalue weighted by atomic mass is 9.81. The third-order valence-electron chi connectivity index (χ3n) is 4.77. The highest BCUT2D eigenvalue weighted by molar-refractivity contribution is 5.77. The largest absolute Gasteiger partial charge is 0.383 e. The Morgan fingerprint density at radius 3 is 2.65 bits per heavy atom. The first kappa shape index (κ1) is 11.9. The van der Waals surface area contributed by atoms with Crippen molar-refractivity contribution >= 4 is 5.82 Å². The molecule has 2 bridgehead atoms. The number of nitrogen functional groups attached to an aromatic ring is 1. The van der Waals surface area contributed by atoms with Crippen molar-refractivity contribution < 1.29 is 0 Å². The van der Waals surface area contributed by atoms with Crippen LogP contribution in [-0.4, -0.2) is 17.1 Å². The molecule has 3 nitrogen and oxygen atoms in total. The molecule has 2 aromatic rings. The van der Waals surface area contributed by atoms with Gasteiger partial charge >= 0.3 is 0 Å². The number of rotatable bonds is 2. The molecule has 102 valence electrons. The van der Waals surface area contributed by atoms with Gasteiger partial charge in [-0.3, -0.25) is 0 Å². The van der Waals surface area contributed by atoms with Crippen LogP contribution in [0.5, 0.6) is 0 Å². The number of benzene rings is 1. The molecule has 3 heterocycles. The topological polar surface area (TPSA) is 50.9 Å². The lowest BCUT2D eigenvalue weighted by molar-refractivity contribution is 0.507. The Bertz CT molecular complexity index is 623. The van der Waals surface area contributed by atoms with Crippen molar-refractivity contribution in [3.63, 3.8) is 0 Å². The molecule has 20 heavy (non-hydrogen) atoms. The molecule has 3 heteroatoms. The van der Waals surface area contributed by atoms with Crippen LogP contribution in [0.1, 0.15) is 30.7 Å². The molecule has 1 aromatic carbocycles. The van der Waals surface area contributed by atoms with Gasteiger partial charge in [0, 0.05) is 29.8 Å². The standard InChI is InChI=1S/C17H19N3/c18-17-16(11-4-2-1-3-5-11)13(8-9-19-17)14-10-12-6-7-15(14)20-12/h1-5,8-9,12,14-15,20H,6-7,10H2,(H2,18,19). The van der Waals surface area contributed by atoms with E-state index in [1.807, 2.05) is 12.3 Å². The van der Waals surface area contributed by atoms with Crippen molar-refractivity contribution in [3.8, 4) is 11.1 Å². The minimum Gasteiger partial charge on any atom is -0.383 e. The van der Waals surface area contributed by atoms with Gasteiger partial charge in [0.05, 0.1) is 0 Å². The Balaban J connectivity index is 1.82. The zero-order chi connectivity index (χ0) is 13.5. The highest BCUT2D eigenvalue weighted by Gasteiger charge is 2.40. The maximum atomic E-state index is 6.19. The molecule has 0 spiro atoms. The lowest BCUT2D eigenvalue weighted by Gasteiger charge is -2.24. The van der Waals surface area contributed by atoms with Crippen LogP contribution in [0.4, 0.5) is 5.82 Å². The fourth-order valence-electron chi connectivity index (χ4n) is 3.89. The van der Waals surface area contributed by atoms with Crippen molar-refractivity contribution in [2.45, 2.75) is 37.3 Å². The number of hydrogen-bond donors (Lipinski definition) is 2. The predicted molar refractivity (Wildman–Crippen MR) is 81.4 cm³/mol. The molecule has 4 rings (SSSR count). The highest BCUT2D eigenvalue weighted by atomic mass is 15.0. The van der Waals surface area contributed by atoms with Crippen LogP contribution in [-0.2, 0) is 0 Å². The third kappa shape index (κ3) is 1.81. The van der Waals surface area contributed by atoms with Crippen molar-refractivity contribution in [2.75, 3.05) is 5.73 Å². The van der Waals surface area contributed by atoms with E-state index in [1.165, 1.54) is 30.4 Å². The van der Waals surface area contributed by atoms with Crippen LogP contribution in [0.15, 0.2) is 42.6 Å². The van der Waals surface area contributed by atoms with Gasteiger partial charge in [-0.1, -0.05) is 30.3 Å². The maximum Gasteiger partial charge on any atom is 0.131 e. The Morgan fingerprint density at radius 2 is 1.95 bits per heavy atom. The molecule has 0 radical (unpaired) electrons. The van der Waals surface area contributed by atoms with Gasteiger partial charge in [-0.2, -0.15) is 0 Å². The van der Waals surface area contributed by atoms with Crippen LogP contribution < -0.4 is 11.1 Å². The summed E-state index contributed by atoms with van der Waals surface area (Å²) < 4.78 is 0. The predicted octanol–water partition coefficient (Wildman–Crippen LogP) is 2.94. The minimum absolute atomic E-state index is 0.578. The maximum absolute atomic E-state index is 6.19. The number of fused-ring (bicyclic) bond motifs is 2. The highest BCUT2D eigenvalue weighted by Crippen LogP contribution is 2.44. The molecule has 3 unspecified atom stereocenters. The van der Waals surface area contributed by atoms with Crippen LogP contribution in [0.3, 0.4) is 0 Å². The molecule has 3 N–H and O–H groups in total. The summed E-state index contributed by atoms with van der Waals surface area (Å²) in [5.41, 5.74) is 9.86. The van der Waals surface area contributed by atoms with E-state index in [4.69, 9.17) is 5.73 Å². The van der Waals surface area contributed by atoms with Crippen molar-refractivity contribution in [3.05, 3.63) is 48.2 Å². The first-order valence-corrected chi connectivity index (χ1v) is 7.39. The van der Waals surface area contributed by atoms with Gasteiger partial charge in [0.2, 0.25) is 0 Å². The van der Waals surface area contributed by atoms with E-state index in [0.29, 0.717) is 23.8 Å². The van der Waals surface area contributed by atoms with Gasteiger partial charge in [-0.15, -0.1) is 0 Å². The molecule has 3 atom stereocenters. The monoisotopic (exact) mass is 265 g/mol. The van der Waals surface area contributed by atoms with E-state index in [-0.39, 0.29) is 0 Å². The lowest BCUT2D eigenvalue weighted by Crippen LogP contribution is -2.22. The van der Waals surface area contributed by atoms with Crippen molar-refractivity contribution in [1.29, 1.82) is 0 Å². The zero-order valence-corrected chi connectivity index (χ0v) is 11.4. The number of nitrogens with two attached hydrogens (primary N) is 1. The zero-order valence-electron chi connectivity index (χ0n) is 11.4. The fraction of sp³-hybridized carbons (Fsp3) is 0.353. The number of nitrogens with zero attached hydrogens (tertiary/aromatic N) is 1. The second-order valence-corrected chi connectivity index (χ2v) is 5.92. The van der Waals surface area contributed by atoms with Crippen molar-refractivity contribution in [2.24, 2.45) is 0 Å². The van der Waals surface area contributed by atoms with Crippen LogP contribution in [0.2, 0.25) is 0 Å². The molecule has 2 saturated heterocycles. The SMILES string of the molecule is Nc1nccc(C2CC3CCC2N3)c1-c1ccccc1. The van der Waals surface area contributed by atoms with E-state index < -0.39 is 0 Å². The van der Waals surface area contributed by atoms with Gasteiger partial charge in [-0.05, 0) is 36.5 Å². The Kier molecular flexibility index (Phi) is 2.74. The van der Waals surface area contributed by atoms with E-state index in [1.54, 1.807) is 0 Å². The van der Waals surface area contributed by atoms with Crippen LogP contribution in [0.25, 0.3) is 11.1 Å². The summed E-state index contributed by atoms with van der Waals surface area (Å²) in [5.74, 6) is 1.23. The summed E-state index contributed by atoms with van der Waals surface area (Å²) >= 11 is 0. The normalized spacial score (nSPS) is 27.9. The average Bonchev–Trinajstić information content (AvgIpc) is 3.10. The van der Waals surface area contributed by atoms with Gasteiger partial charge in [0.1, 0.15) is 5.82 Å². The molecule has 2 aliphatic rings. The summed E-state index contributed by atoms with van der Waals surface area (Å²) in [7, 11) is 0. The first-order chi connectivity index (χ1) is 9.83. The number of pyridine rings is 1. The number of anilines is 1. The van der Waals surface area contributed by atoms with Gasteiger partial charge in [0.25, 0.3) is 0 Å². The van der Waals surface area contributed by atoms with Gasteiger partial charge < -0.3 is 11.1 Å². The van der Waals surface area contributed by atoms with Crippen LogP contribution >= 0.6 is 0 Å². The summed E-state index contributed by atoms with van der Waals surface area (Å²) in [6, 6.07) is 13.9. The average molecular weight is 265 g/mol. The molecular weight excluding hydrogens is 246 g/mol. The summed E-state index contributed by atoms with van der Waals surface area (Å²) in [6.07, 6.45) is 5.69. The Labute approximate surface area is 119 Å². The van der Waals surface area contributed by atoms with E-state index in [0.717, 1.165) is 5.56 Å². The number of hydrogen-bond acceptors (Lipinski definition) is 3. The smallest absolute Gasteiger partial charge is 0.131 e. The molecular formula is C17H19N3. The quantitative estimate of drug-likeness (QED) is 0.877. The fourth-order valence-corrected chi connectivity index (χ4v) is 3.89. The summed E-state index contributed by atoms with van der Waals surface area (Å²) in [6.45, 7) is 0. The summed E-state index contributed by atoms with van der Waals surface area (Å²) in [4.78, 5) is 4.31. The Morgan fingerprint density at radius 1 is 1.10 bits per heavy atom. The Hall–Kier alpha value is -1.87. The summed E-state index contributed by atoms with van der Waals surface area (Å²) in [5, 5.41) is 3.71.